The quantitative estimate of drug-likeness (QED) is 0.0259. The zero-order valence-corrected chi connectivity index (χ0v) is 50.7. The molecule has 11 nitrogen and oxygen atoms in total. The third-order valence-electron chi connectivity index (χ3n) is 13.7. The van der Waals surface area contributed by atoms with E-state index < -0.39 is 28.6 Å². The Morgan fingerprint density at radius 2 is 0.718 bits per heavy atom. The highest BCUT2D eigenvalue weighted by Crippen LogP contribution is 2.41. The number of rotatable bonds is 47. The average Bonchev–Trinajstić information content (AvgIpc) is 3.36. The Kier molecular flexibility index (Phi) is 70.5. The first kappa shape index (κ1) is 88.1. The van der Waals surface area contributed by atoms with Gasteiger partial charge in [0, 0.05) is 22.5 Å². The first-order valence-corrected chi connectivity index (χ1v) is 30.2. The number of Topliss-reactive ketones (excluding diaryl/α,β-unsaturated/α-hetero) is 1. The molecule has 78 heavy (non-hydrogen) atoms. The standard InChI is InChI=1S/C32H61NO4.C22H42O2.C7H12O2.C3H5NO.3CH4/c1-7-9-10-11-12-13-14-15-16-17-18-19-20-21-22-23-24-37-30(36)32(6,25-28(8-2)29(33)35)26-31(4,5)27(3)34;1-4-5-6-7-8-9-10-11-12-13-14-15-16-17-18-19-20-24-22(23)21(2)3;1-4-5-9-7(8)6(2)3;1-2-3(4)5;;;/h28H,7-26H2,1-6H3,(H2,33,35);2,4-20H2,1,3H3;2,4-5H2,1,3H3;2H,1H2,(H2,4,5);3*1H4. The predicted molar refractivity (Wildman–Crippen MR) is 336 cm³/mol. The number of primary amides is 2. The van der Waals surface area contributed by atoms with Crippen LogP contribution < -0.4 is 11.5 Å². The van der Waals surface area contributed by atoms with Crippen LogP contribution in [0.5, 0.6) is 0 Å². The van der Waals surface area contributed by atoms with Crippen LogP contribution in [0, 0.1) is 16.7 Å². The number of nitrogens with two attached hydrogens (primary N) is 2. The molecule has 0 saturated heterocycles. The van der Waals surface area contributed by atoms with Crippen molar-refractivity contribution in [2.24, 2.45) is 28.2 Å². The highest BCUT2D eigenvalue weighted by Gasteiger charge is 2.44. The number of hydrogen-bond donors (Lipinski definition) is 2. The fourth-order valence-corrected chi connectivity index (χ4v) is 8.56. The molecule has 464 valence electrons. The Morgan fingerprint density at radius 3 is 0.949 bits per heavy atom. The number of ketones is 1. The van der Waals surface area contributed by atoms with Crippen molar-refractivity contribution in [2.45, 2.75) is 323 Å². The van der Waals surface area contributed by atoms with Crippen molar-refractivity contribution >= 4 is 35.5 Å². The molecule has 0 aliphatic rings. The summed E-state index contributed by atoms with van der Waals surface area (Å²) in [5.74, 6) is -2.13. The summed E-state index contributed by atoms with van der Waals surface area (Å²) in [5.41, 5.74) is 9.47. The number of esters is 3. The molecule has 0 saturated carbocycles. The minimum Gasteiger partial charge on any atom is -0.465 e. The summed E-state index contributed by atoms with van der Waals surface area (Å²) < 4.78 is 15.5. The van der Waals surface area contributed by atoms with Gasteiger partial charge in [0.2, 0.25) is 11.8 Å². The number of carbonyl (C=O) groups is 6. The van der Waals surface area contributed by atoms with E-state index >= 15 is 0 Å². The van der Waals surface area contributed by atoms with Crippen LogP contribution in [0.25, 0.3) is 0 Å². The molecule has 0 rings (SSSR count). The summed E-state index contributed by atoms with van der Waals surface area (Å²) >= 11 is 0. The molecule has 0 aliphatic heterocycles. The highest BCUT2D eigenvalue weighted by molar-refractivity contribution is 5.87. The molecule has 0 aromatic rings. The topological polar surface area (TPSA) is 182 Å². The SMILES string of the molecule is C.C.C.C=C(C)C(=O)OCCC.C=C(C)C(=O)OCCCCCCCCCCCCCCCCCC.C=CC(N)=O.CCCCCCCCCCCCCCCCCCOC(=O)C(C)(CC(CC)C(N)=O)CC(C)(C)C(C)=O. The molecular formula is C67H132N2O9. The lowest BCUT2D eigenvalue weighted by Crippen LogP contribution is -2.41. The van der Waals surface area contributed by atoms with Crippen LogP contribution in [-0.2, 0) is 43.0 Å². The third kappa shape index (κ3) is 61.5. The van der Waals surface area contributed by atoms with Gasteiger partial charge < -0.3 is 25.7 Å². The Balaban J connectivity index is -0.000000209. The Bertz CT molecular complexity index is 1470. The second kappa shape index (κ2) is 62.4. The van der Waals surface area contributed by atoms with Crippen molar-refractivity contribution in [1.82, 2.24) is 0 Å². The van der Waals surface area contributed by atoms with Crippen molar-refractivity contribution < 1.29 is 43.0 Å². The molecule has 0 aromatic heterocycles. The summed E-state index contributed by atoms with van der Waals surface area (Å²) in [6.07, 6.45) is 45.7. The first-order chi connectivity index (χ1) is 35.6. The lowest BCUT2D eigenvalue weighted by atomic mass is 9.68. The molecule has 2 atom stereocenters. The smallest absolute Gasteiger partial charge is 0.333 e. The minimum absolute atomic E-state index is 0. The van der Waals surface area contributed by atoms with E-state index in [0.29, 0.717) is 50.2 Å². The lowest BCUT2D eigenvalue weighted by Gasteiger charge is -2.36. The van der Waals surface area contributed by atoms with Gasteiger partial charge in [0.1, 0.15) is 5.78 Å². The summed E-state index contributed by atoms with van der Waals surface area (Å²) in [6, 6.07) is 0. The van der Waals surface area contributed by atoms with Gasteiger partial charge in [0.05, 0.1) is 25.2 Å². The summed E-state index contributed by atoms with van der Waals surface area (Å²) in [5, 5.41) is 0. The highest BCUT2D eigenvalue weighted by atomic mass is 16.5. The molecule has 0 bridgehead atoms. The average molecular weight is 1110 g/mol. The third-order valence-corrected chi connectivity index (χ3v) is 13.7. The van der Waals surface area contributed by atoms with Crippen LogP contribution >= 0.6 is 0 Å². The van der Waals surface area contributed by atoms with E-state index in [1.54, 1.807) is 20.8 Å². The van der Waals surface area contributed by atoms with E-state index in [0.717, 1.165) is 31.8 Å². The molecule has 11 heteroatoms. The van der Waals surface area contributed by atoms with Gasteiger partial charge in [-0.3, -0.25) is 19.2 Å². The van der Waals surface area contributed by atoms with Crippen molar-refractivity contribution in [3.63, 3.8) is 0 Å². The molecule has 2 unspecified atom stereocenters. The first-order valence-electron chi connectivity index (χ1n) is 30.2. The number of amides is 2. The van der Waals surface area contributed by atoms with E-state index in [1.165, 1.54) is 186 Å². The molecule has 2 amide bonds. The van der Waals surface area contributed by atoms with Crippen molar-refractivity contribution in [3.05, 3.63) is 37.0 Å². The summed E-state index contributed by atoms with van der Waals surface area (Å²) in [4.78, 5) is 68.3. The second-order valence-electron chi connectivity index (χ2n) is 22.1. The predicted octanol–water partition coefficient (Wildman–Crippen LogP) is 19.2. The van der Waals surface area contributed by atoms with Gasteiger partial charge in [-0.1, -0.05) is 276 Å². The van der Waals surface area contributed by atoms with Crippen LogP contribution in [0.2, 0.25) is 0 Å². The second-order valence-corrected chi connectivity index (χ2v) is 22.1. The van der Waals surface area contributed by atoms with Gasteiger partial charge in [-0.05, 0) is 72.3 Å². The Labute approximate surface area is 484 Å². The largest absolute Gasteiger partial charge is 0.465 e. The fraction of sp³-hybridized carbons (Fsp3) is 0.821. The number of hydrogen-bond acceptors (Lipinski definition) is 9. The normalized spacial score (nSPS) is 11.5. The van der Waals surface area contributed by atoms with E-state index in [2.05, 4.69) is 39.3 Å². The van der Waals surface area contributed by atoms with E-state index in [1.807, 2.05) is 34.6 Å². The summed E-state index contributed by atoms with van der Waals surface area (Å²) in [6.45, 7) is 30.3. The van der Waals surface area contributed by atoms with E-state index in [4.69, 9.17) is 19.9 Å². The Morgan fingerprint density at radius 1 is 0.449 bits per heavy atom. The molecule has 0 aromatic carbocycles. The van der Waals surface area contributed by atoms with Crippen molar-refractivity contribution in [3.8, 4) is 0 Å². The van der Waals surface area contributed by atoms with E-state index in [-0.39, 0.29) is 46.0 Å². The van der Waals surface area contributed by atoms with Crippen LogP contribution in [-0.4, -0.2) is 55.3 Å². The lowest BCUT2D eigenvalue weighted by molar-refractivity contribution is -0.159. The van der Waals surface area contributed by atoms with Crippen LogP contribution in [0.3, 0.4) is 0 Å². The van der Waals surface area contributed by atoms with Gasteiger partial charge in [-0.15, -0.1) is 0 Å². The van der Waals surface area contributed by atoms with Gasteiger partial charge in [0.25, 0.3) is 0 Å². The molecule has 0 fully saturated rings. The number of ether oxygens (including phenoxy) is 3. The molecule has 0 aliphatic carbocycles. The van der Waals surface area contributed by atoms with Gasteiger partial charge in [-0.2, -0.15) is 0 Å². The van der Waals surface area contributed by atoms with E-state index in [9.17, 15) is 28.8 Å². The maximum atomic E-state index is 13.1. The number of unbranched alkanes of at least 4 members (excludes halogenated alkanes) is 30. The molecule has 0 heterocycles. The van der Waals surface area contributed by atoms with Crippen molar-refractivity contribution in [1.29, 1.82) is 0 Å². The molecule has 0 spiro atoms. The number of carbonyl (C=O) groups excluding carboxylic acids is 6. The van der Waals surface area contributed by atoms with Gasteiger partial charge in [0.15, 0.2) is 0 Å². The monoisotopic (exact) mass is 1110 g/mol. The molecule has 0 radical (unpaired) electrons. The van der Waals surface area contributed by atoms with Crippen molar-refractivity contribution in [2.75, 3.05) is 19.8 Å². The van der Waals surface area contributed by atoms with Gasteiger partial charge in [-0.25, -0.2) is 9.59 Å². The Hall–Kier alpha value is -3.76. The minimum atomic E-state index is -0.917. The van der Waals surface area contributed by atoms with Crippen LogP contribution in [0.15, 0.2) is 37.0 Å². The maximum absolute atomic E-state index is 13.1. The zero-order chi connectivity index (χ0) is 57.6. The molecular weight excluding hydrogens is 977 g/mol. The van der Waals surface area contributed by atoms with Crippen LogP contribution in [0.4, 0.5) is 0 Å². The zero-order valence-electron chi connectivity index (χ0n) is 50.7. The summed E-state index contributed by atoms with van der Waals surface area (Å²) in [7, 11) is 0. The fourth-order valence-electron chi connectivity index (χ4n) is 8.56. The van der Waals surface area contributed by atoms with Gasteiger partial charge >= 0.3 is 17.9 Å². The molecule has 4 N–H and O–H groups in total. The maximum Gasteiger partial charge on any atom is 0.333 e. The van der Waals surface area contributed by atoms with Crippen LogP contribution in [0.1, 0.15) is 323 Å².